The molecule has 0 saturated carbocycles. The first-order valence-electron chi connectivity index (χ1n) is 6.14. The molecule has 1 amide bonds. The number of piperidine rings is 1. The van der Waals surface area contributed by atoms with Gasteiger partial charge in [0.25, 0.3) is 5.91 Å². The first kappa shape index (κ1) is 13.3. The van der Waals surface area contributed by atoms with Gasteiger partial charge >= 0.3 is 5.97 Å². The summed E-state index contributed by atoms with van der Waals surface area (Å²) < 4.78 is 4.93. The molecule has 1 aromatic rings. The summed E-state index contributed by atoms with van der Waals surface area (Å²) in [6.07, 6.45) is 2.49. The van der Waals surface area contributed by atoms with E-state index in [2.05, 4.69) is 4.98 Å². The SMILES string of the molecule is COc1ccc(C(=O)N2CCC(C(=O)O)CC2)cn1. The van der Waals surface area contributed by atoms with E-state index in [9.17, 15) is 9.59 Å². The first-order chi connectivity index (χ1) is 9.11. The number of hydrogen-bond acceptors (Lipinski definition) is 4. The topological polar surface area (TPSA) is 79.7 Å². The van der Waals surface area contributed by atoms with Crippen LogP contribution in [0.3, 0.4) is 0 Å². The van der Waals surface area contributed by atoms with Gasteiger partial charge in [0.2, 0.25) is 5.88 Å². The lowest BCUT2D eigenvalue weighted by molar-refractivity contribution is -0.143. The van der Waals surface area contributed by atoms with E-state index in [0.29, 0.717) is 37.4 Å². The van der Waals surface area contributed by atoms with Crippen molar-refractivity contribution in [2.75, 3.05) is 20.2 Å². The molecule has 1 N–H and O–H groups in total. The summed E-state index contributed by atoms with van der Waals surface area (Å²) in [6.45, 7) is 0.948. The van der Waals surface area contributed by atoms with E-state index in [1.807, 2.05) is 0 Å². The molecule has 0 unspecified atom stereocenters. The van der Waals surface area contributed by atoms with E-state index in [-0.39, 0.29) is 11.8 Å². The normalized spacial score (nSPS) is 16.2. The Balaban J connectivity index is 1.98. The number of carboxylic acids is 1. The highest BCUT2D eigenvalue weighted by Gasteiger charge is 2.27. The molecule has 0 atom stereocenters. The first-order valence-corrected chi connectivity index (χ1v) is 6.14. The fraction of sp³-hybridized carbons (Fsp3) is 0.462. The second-order valence-corrected chi connectivity index (χ2v) is 4.49. The van der Waals surface area contributed by atoms with E-state index in [1.165, 1.54) is 13.3 Å². The fourth-order valence-electron chi connectivity index (χ4n) is 2.14. The molecular formula is C13H16N2O4. The summed E-state index contributed by atoms with van der Waals surface area (Å²) in [5.41, 5.74) is 0.495. The number of methoxy groups -OCH3 is 1. The van der Waals surface area contributed by atoms with Crippen molar-refractivity contribution in [2.45, 2.75) is 12.8 Å². The average Bonchev–Trinajstić information content (AvgIpc) is 2.46. The van der Waals surface area contributed by atoms with E-state index in [4.69, 9.17) is 9.84 Å². The zero-order valence-electron chi connectivity index (χ0n) is 10.7. The van der Waals surface area contributed by atoms with Gasteiger partial charge < -0.3 is 14.7 Å². The summed E-state index contributed by atoms with van der Waals surface area (Å²) in [5, 5.41) is 8.91. The quantitative estimate of drug-likeness (QED) is 0.882. The number of likely N-dealkylation sites (tertiary alicyclic amines) is 1. The van der Waals surface area contributed by atoms with Crippen LogP contribution in [0.1, 0.15) is 23.2 Å². The van der Waals surface area contributed by atoms with Gasteiger partial charge in [0, 0.05) is 25.4 Å². The molecule has 19 heavy (non-hydrogen) atoms. The summed E-state index contributed by atoms with van der Waals surface area (Å²) in [4.78, 5) is 28.7. The molecule has 0 aromatic carbocycles. The second kappa shape index (κ2) is 5.69. The second-order valence-electron chi connectivity index (χ2n) is 4.49. The third kappa shape index (κ3) is 3.01. The van der Waals surface area contributed by atoms with E-state index in [1.54, 1.807) is 17.0 Å². The number of carbonyl (C=O) groups is 2. The molecule has 1 aromatic heterocycles. The highest BCUT2D eigenvalue weighted by Crippen LogP contribution is 2.19. The van der Waals surface area contributed by atoms with Crippen LogP contribution >= 0.6 is 0 Å². The highest BCUT2D eigenvalue weighted by molar-refractivity contribution is 5.94. The van der Waals surface area contributed by atoms with Crippen molar-refractivity contribution in [1.29, 1.82) is 0 Å². The zero-order valence-corrected chi connectivity index (χ0v) is 10.7. The molecule has 0 bridgehead atoms. The Hall–Kier alpha value is -2.11. The number of aromatic nitrogens is 1. The van der Waals surface area contributed by atoms with E-state index >= 15 is 0 Å². The van der Waals surface area contributed by atoms with Crippen LogP contribution in [0.4, 0.5) is 0 Å². The minimum absolute atomic E-state index is 0.112. The lowest BCUT2D eigenvalue weighted by Gasteiger charge is -2.30. The van der Waals surface area contributed by atoms with E-state index in [0.717, 1.165) is 0 Å². The Morgan fingerprint density at radius 2 is 2.05 bits per heavy atom. The maximum atomic E-state index is 12.2. The van der Waals surface area contributed by atoms with Crippen molar-refractivity contribution in [3.8, 4) is 5.88 Å². The van der Waals surface area contributed by atoms with Gasteiger partial charge in [0.05, 0.1) is 18.6 Å². The van der Waals surface area contributed by atoms with Crippen molar-refractivity contribution >= 4 is 11.9 Å². The van der Waals surface area contributed by atoms with Gasteiger partial charge in [-0.3, -0.25) is 9.59 Å². The van der Waals surface area contributed by atoms with Crippen LogP contribution in [0.5, 0.6) is 5.88 Å². The van der Waals surface area contributed by atoms with Crippen LogP contribution in [0.25, 0.3) is 0 Å². The maximum absolute atomic E-state index is 12.2. The van der Waals surface area contributed by atoms with Gasteiger partial charge in [-0.1, -0.05) is 0 Å². The average molecular weight is 264 g/mol. The molecule has 1 aliphatic rings. The van der Waals surface area contributed by atoms with Crippen molar-refractivity contribution in [2.24, 2.45) is 5.92 Å². The van der Waals surface area contributed by atoms with Crippen LogP contribution in [-0.4, -0.2) is 47.1 Å². The maximum Gasteiger partial charge on any atom is 0.306 e. The molecule has 1 aliphatic heterocycles. The summed E-state index contributed by atoms with van der Waals surface area (Å²) >= 11 is 0. The van der Waals surface area contributed by atoms with E-state index < -0.39 is 5.97 Å². The molecule has 2 heterocycles. The number of pyridine rings is 1. The van der Waals surface area contributed by atoms with Crippen LogP contribution in [0.2, 0.25) is 0 Å². The Kier molecular flexibility index (Phi) is 3.99. The number of rotatable bonds is 3. The summed E-state index contributed by atoms with van der Waals surface area (Å²) in [6, 6.07) is 3.30. The van der Waals surface area contributed by atoms with Gasteiger partial charge in [0.15, 0.2) is 0 Å². The Morgan fingerprint density at radius 3 is 2.53 bits per heavy atom. The van der Waals surface area contributed by atoms with Gasteiger partial charge in [-0.05, 0) is 18.9 Å². The van der Waals surface area contributed by atoms with Gasteiger partial charge in [0.1, 0.15) is 0 Å². The van der Waals surface area contributed by atoms with Gasteiger partial charge in [-0.15, -0.1) is 0 Å². The number of amides is 1. The van der Waals surface area contributed by atoms with Crippen LogP contribution in [0, 0.1) is 5.92 Å². The third-order valence-electron chi connectivity index (χ3n) is 3.32. The van der Waals surface area contributed by atoms with Crippen molar-refractivity contribution in [3.63, 3.8) is 0 Å². The molecule has 1 saturated heterocycles. The minimum Gasteiger partial charge on any atom is -0.481 e. The number of ether oxygens (including phenoxy) is 1. The molecule has 6 nitrogen and oxygen atoms in total. The Bertz CT molecular complexity index is 464. The molecule has 0 aliphatic carbocycles. The predicted octanol–water partition coefficient (Wildman–Crippen LogP) is 1.03. The predicted molar refractivity (Wildman–Crippen MR) is 67.1 cm³/mol. The standard InChI is InChI=1S/C13H16N2O4/c1-19-11-3-2-10(8-14-11)12(16)15-6-4-9(5-7-15)13(17)18/h2-3,8-9H,4-7H2,1H3,(H,17,18). The Morgan fingerprint density at radius 1 is 1.37 bits per heavy atom. The highest BCUT2D eigenvalue weighted by atomic mass is 16.5. The van der Waals surface area contributed by atoms with Crippen LogP contribution < -0.4 is 4.74 Å². The molecule has 6 heteroatoms. The van der Waals surface area contributed by atoms with Gasteiger partial charge in [-0.25, -0.2) is 4.98 Å². The largest absolute Gasteiger partial charge is 0.481 e. The lowest BCUT2D eigenvalue weighted by atomic mass is 9.97. The molecule has 0 radical (unpaired) electrons. The molecule has 2 rings (SSSR count). The molecular weight excluding hydrogens is 248 g/mol. The number of carboxylic acid groups (broad SMARTS) is 1. The molecule has 1 fully saturated rings. The van der Waals surface area contributed by atoms with Gasteiger partial charge in [-0.2, -0.15) is 0 Å². The third-order valence-corrected chi connectivity index (χ3v) is 3.32. The van der Waals surface area contributed by atoms with Crippen molar-refractivity contribution in [1.82, 2.24) is 9.88 Å². The summed E-state index contributed by atoms with van der Waals surface area (Å²) in [5.74, 6) is -0.767. The number of aliphatic carboxylic acids is 1. The monoisotopic (exact) mass is 264 g/mol. The number of nitrogens with zero attached hydrogens (tertiary/aromatic N) is 2. The smallest absolute Gasteiger partial charge is 0.306 e. The number of carbonyl (C=O) groups excluding carboxylic acids is 1. The van der Waals surface area contributed by atoms with Crippen LogP contribution in [0.15, 0.2) is 18.3 Å². The van der Waals surface area contributed by atoms with Crippen LogP contribution in [-0.2, 0) is 4.79 Å². The van der Waals surface area contributed by atoms with Crippen molar-refractivity contribution < 1.29 is 19.4 Å². The number of hydrogen-bond donors (Lipinski definition) is 1. The lowest BCUT2D eigenvalue weighted by Crippen LogP contribution is -2.40. The molecule has 102 valence electrons. The zero-order chi connectivity index (χ0) is 13.8. The Labute approximate surface area is 111 Å². The summed E-state index contributed by atoms with van der Waals surface area (Å²) in [7, 11) is 1.51. The fourth-order valence-corrected chi connectivity index (χ4v) is 2.14. The molecule has 0 spiro atoms. The van der Waals surface area contributed by atoms with Crippen molar-refractivity contribution in [3.05, 3.63) is 23.9 Å². The minimum atomic E-state index is -0.779.